The Bertz CT molecular complexity index is 657. The lowest BCUT2D eigenvalue weighted by atomic mass is 10.1. The molecule has 5 nitrogen and oxygen atoms in total. The van der Waals surface area contributed by atoms with Gasteiger partial charge in [0.25, 0.3) is 5.91 Å². The third-order valence-corrected chi connectivity index (χ3v) is 5.17. The highest BCUT2D eigenvalue weighted by Gasteiger charge is 2.37. The Kier molecular flexibility index (Phi) is 6.09. The molecular weight excluding hydrogens is 354 g/mol. The number of thioether (sulfide) groups is 2. The first-order valence-electron chi connectivity index (χ1n) is 6.70. The number of phenolic OH excluding ortho intramolecular Hbond substituents is 1. The number of phenols is 1. The highest BCUT2D eigenvalue weighted by atomic mass is 32.2. The molecule has 0 saturated carbocycles. The first kappa shape index (κ1) is 17.8. The molecule has 0 spiro atoms. The van der Waals surface area contributed by atoms with Gasteiger partial charge in [-0.2, -0.15) is 11.8 Å². The van der Waals surface area contributed by atoms with Crippen LogP contribution in [-0.4, -0.2) is 44.3 Å². The summed E-state index contributed by atoms with van der Waals surface area (Å²) in [5, 5.41) is 20.6. The van der Waals surface area contributed by atoms with Gasteiger partial charge in [0, 0.05) is 0 Å². The van der Waals surface area contributed by atoms with E-state index in [0.717, 1.165) is 22.2 Å². The molecule has 1 atom stereocenters. The minimum Gasteiger partial charge on any atom is -0.548 e. The van der Waals surface area contributed by atoms with E-state index in [-0.39, 0.29) is 16.5 Å². The third kappa shape index (κ3) is 4.27. The van der Waals surface area contributed by atoms with Gasteiger partial charge in [-0.05, 0) is 42.2 Å². The number of hydrogen-bond donors (Lipinski definition) is 1. The van der Waals surface area contributed by atoms with Crippen molar-refractivity contribution in [3.05, 3.63) is 34.7 Å². The Labute approximate surface area is 147 Å². The van der Waals surface area contributed by atoms with Gasteiger partial charge < -0.3 is 15.0 Å². The molecule has 2 rings (SSSR count). The molecule has 1 heterocycles. The number of thiocarbonyl (C=S) groups is 1. The van der Waals surface area contributed by atoms with Crippen molar-refractivity contribution in [2.24, 2.45) is 0 Å². The van der Waals surface area contributed by atoms with E-state index in [0.29, 0.717) is 10.7 Å². The number of aromatic hydroxyl groups is 1. The van der Waals surface area contributed by atoms with Crippen LogP contribution in [0, 0.1) is 0 Å². The van der Waals surface area contributed by atoms with E-state index < -0.39 is 17.9 Å². The van der Waals surface area contributed by atoms with Crippen molar-refractivity contribution in [2.75, 3.05) is 12.0 Å². The van der Waals surface area contributed by atoms with Gasteiger partial charge in [0.1, 0.15) is 10.1 Å². The molecule has 8 heteroatoms. The summed E-state index contributed by atoms with van der Waals surface area (Å²) in [6.07, 6.45) is 3.77. The Hall–Kier alpha value is -1.51. The molecule has 1 aliphatic heterocycles. The summed E-state index contributed by atoms with van der Waals surface area (Å²) >= 11 is 7.73. The predicted molar refractivity (Wildman–Crippen MR) is 94.9 cm³/mol. The zero-order chi connectivity index (χ0) is 17.0. The normalized spacial score (nSPS) is 17.8. The molecular formula is C15H14NO4S3-. The average molecular weight is 368 g/mol. The first-order chi connectivity index (χ1) is 10.9. The summed E-state index contributed by atoms with van der Waals surface area (Å²) in [4.78, 5) is 25.3. The van der Waals surface area contributed by atoms with Crippen LogP contribution in [0.2, 0.25) is 0 Å². The number of rotatable bonds is 6. The summed E-state index contributed by atoms with van der Waals surface area (Å²) in [6, 6.07) is 5.28. The van der Waals surface area contributed by atoms with Gasteiger partial charge in [-0.1, -0.05) is 36.1 Å². The molecule has 1 saturated heterocycles. The third-order valence-electron chi connectivity index (χ3n) is 3.19. The first-order valence-corrected chi connectivity index (χ1v) is 9.31. The molecule has 1 amide bonds. The monoisotopic (exact) mass is 368 g/mol. The molecule has 0 bridgehead atoms. The Balaban J connectivity index is 2.24. The van der Waals surface area contributed by atoms with Crippen molar-refractivity contribution in [1.29, 1.82) is 0 Å². The van der Waals surface area contributed by atoms with E-state index in [1.807, 2.05) is 6.26 Å². The second-order valence-corrected chi connectivity index (χ2v) is 7.42. The van der Waals surface area contributed by atoms with E-state index in [1.165, 1.54) is 23.9 Å². The molecule has 0 radical (unpaired) electrons. The smallest absolute Gasteiger partial charge is 0.266 e. The number of aliphatic carboxylic acids is 1. The van der Waals surface area contributed by atoms with Crippen LogP contribution >= 0.6 is 35.7 Å². The molecule has 0 aliphatic carbocycles. The fourth-order valence-corrected chi connectivity index (χ4v) is 3.87. The van der Waals surface area contributed by atoms with Crippen molar-refractivity contribution in [1.82, 2.24) is 4.90 Å². The van der Waals surface area contributed by atoms with Crippen LogP contribution in [0.15, 0.2) is 29.2 Å². The summed E-state index contributed by atoms with van der Waals surface area (Å²) < 4.78 is 0.218. The fourth-order valence-electron chi connectivity index (χ4n) is 2.05. The molecule has 1 aromatic carbocycles. The van der Waals surface area contributed by atoms with Crippen LogP contribution in [0.3, 0.4) is 0 Å². The maximum absolute atomic E-state index is 12.5. The van der Waals surface area contributed by atoms with Crippen molar-refractivity contribution < 1.29 is 19.8 Å². The van der Waals surface area contributed by atoms with E-state index in [9.17, 15) is 19.8 Å². The fraction of sp³-hybridized carbons (Fsp3) is 0.267. The van der Waals surface area contributed by atoms with E-state index in [2.05, 4.69) is 0 Å². The number of carboxylic acid groups (broad SMARTS) is 1. The van der Waals surface area contributed by atoms with Crippen LogP contribution < -0.4 is 5.11 Å². The van der Waals surface area contributed by atoms with Crippen LogP contribution in [-0.2, 0) is 9.59 Å². The maximum Gasteiger partial charge on any atom is 0.266 e. The van der Waals surface area contributed by atoms with Crippen molar-refractivity contribution in [3.8, 4) is 5.75 Å². The van der Waals surface area contributed by atoms with Crippen molar-refractivity contribution >= 4 is 58.0 Å². The highest BCUT2D eigenvalue weighted by Crippen LogP contribution is 2.34. The maximum atomic E-state index is 12.5. The van der Waals surface area contributed by atoms with E-state index in [1.54, 1.807) is 18.2 Å². The minimum absolute atomic E-state index is 0.129. The van der Waals surface area contributed by atoms with E-state index in [4.69, 9.17) is 12.2 Å². The minimum atomic E-state index is -1.30. The zero-order valence-corrected chi connectivity index (χ0v) is 14.7. The lowest BCUT2D eigenvalue weighted by molar-refractivity contribution is -0.310. The number of carboxylic acids is 1. The quantitative estimate of drug-likeness (QED) is 0.601. The van der Waals surface area contributed by atoms with Gasteiger partial charge in [0.15, 0.2) is 0 Å². The van der Waals surface area contributed by atoms with Gasteiger partial charge in [-0.3, -0.25) is 9.69 Å². The zero-order valence-electron chi connectivity index (χ0n) is 12.2. The van der Waals surface area contributed by atoms with Crippen LogP contribution in [0.5, 0.6) is 5.75 Å². The average Bonchev–Trinajstić information content (AvgIpc) is 2.77. The number of nitrogens with zero attached hydrogens (tertiary/aromatic N) is 1. The molecule has 1 aliphatic rings. The van der Waals surface area contributed by atoms with Crippen molar-refractivity contribution in [2.45, 2.75) is 12.5 Å². The Morgan fingerprint density at radius 3 is 2.70 bits per heavy atom. The standard InChI is InChI=1S/C15H15NO4S3/c1-22-7-6-11(14(19)20)16-13(18)12(23-15(16)21)8-9-2-4-10(17)5-3-9/h2-5,8,11,17H,6-7H2,1H3,(H,19,20)/p-1/b12-8-/t11-/m1/s1. The molecule has 1 fully saturated rings. The molecule has 122 valence electrons. The Morgan fingerprint density at radius 2 is 2.13 bits per heavy atom. The van der Waals surface area contributed by atoms with Crippen LogP contribution in [0.1, 0.15) is 12.0 Å². The summed E-state index contributed by atoms with van der Waals surface area (Å²) in [6.45, 7) is 0. The lowest BCUT2D eigenvalue weighted by Crippen LogP contribution is -2.50. The largest absolute Gasteiger partial charge is 0.548 e. The number of carbonyl (C=O) groups excluding carboxylic acids is 2. The summed E-state index contributed by atoms with van der Waals surface area (Å²) in [5.41, 5.74) is 0.720. The highest BCUT2D eigenvalue weighted by molar-refractivity contribution is 8.26. The molecule has 0 unspecified atom stereocenters. The van der Waals surface area contributed by atoms with E-state index >= 15 is 0 Å². The second kappa shape index (κ2) is 7.85. The number of amides is 1. The van der Waals surface area contributed by atoms with Gasteiger partial charge in [-0.15, -0.1) is 0 Å². The molecule has 23 heavy (non-hydrogen) atoms. The van der Waals surface area contributed by atoms with Gasteiger partial charge in [0.05, 0.1) is 16.9 Å². The Morgan fingerprint density at radius 1 is 1.48 bits per heavy atom. The lowest BCUT2D eigenvalue weighted by Gasteiger charge is -2.27. The molecule has 0 aromatic heterocycles. The second-order valence-electron chi connectivity index (χ2n) is 4.76. The summed E-state index contributed by atoms with van der Waals surface area (Å²) in [5.74, 6) is -1.01. The SMILES string of the molecule is CSCC[C@H](C(=O)[O-])N1C(=O)/C(=C/c2ccc(O)cc2)SC1=S. The van der Waals surface area contributed by atoms with Gasteiger partial charge in [0.2, 0.25) is 0 Å². The predicted octanol–water partition coefficient (Wildman–Crippen LogP) is 1.46. The van der Waals surface area contributed by atoms with Gasteiger partial charge in [-0.25, -0.2) is 0 Å². The van der Waals surface area contributed by atoms with Gasteiger partial charge >= 0.3 is 0 Å². The summed E-state index contributed by atoms with van der Waals surface area (Å²) in [7, 11) is 0. The topological polar surface area (TPSA) is 80.7 Å². The number of hydrogen-bond acceptors (Lipinski definition) is 7. The molecule has 1 aromatic rings. The van der Waals surface area contributed by atoms with Crippen LogP contribution in [0.25, 0.3) is 6.08 Å². The number of benzene rings is 1. The molecule has 1 N–H and O–H groups in total. The van der Waals surface area contributed by atoms with Crippen LogP contribution in [0.4, 0.5) is 0 Å². The van der Waals surface area contributed by atoms with Crippen molar-refractivity contribution in [3.63, 3.8) is 0 Å². The number of carbonyl (C=O) groups is 2.